The van der Waals surface area contributed by atoms with Crippen LogP contribution in [0.15, 0.2) is 0 Å². The summed E-state index contributed by atoms with van der Waals surface area (Å²) < 4.78 is 0. The summed E-state index contributed by atoms with van der Waals surface area (Å²) in [6, 6.07) is 0. The summed E-state index contributed by atoms with van der Waals surface area (Å²) in [4.78, 5) is 4.80. The van der Waals surface area contributed by atoms with Crippen molar-refractivity contribution < 1.29 is 0 Å². The Morgan fingerprint density at radius 3 is 1.60 bits per heavy atom. The third-order valence-corrected chi connectivity index (χ3v) is 3.20. The molecule has 2 saturated heterocycles. The van der Waals surface area contributed by atoms with Gasteiger partial charge in [-0.2, -0.15) is 0 Å². The lowest BCUT2D eigenvalue weighted by Crippen LogP contribution is -2.59. The molecule has 2 aliphatic heterocycles. The zero-order valence-electron chi connectivity index (χ0n) is 9.21. The smallest absolute Gasteiger partial charge is 0.0985 e. The van der Waals surface area contributed by atoms with Gasteiger partial charge in [0.1, 0.15) is 0 Å². The molecule has 2 heterocycles. The summed E-state index contributed by atoms with van der Waals surface area (Å²) in [5, 5.41) is 14.3. The zero-order chi connectivity index (χ0) is 10.5. The number of piperazine rings is 2. The Morgan fingerprint density at radius 2 is 1.27 bits per heavy atom. The van der Waals surface area contributed by atoms with Gasteiger partial charge in [-0.25, -0.2) is 0 Å². The number of nitrogens with one attached hydrogen (secondary N) is 3. The first-order chi connectivity index (χ1) is 7.42. The molecule has 0 aliphatic carbocycles. The van der Waals surface area contributed by atoms with Gasteiger partial charge in [0.05, 0.1) is 6.17 Å². The van der Waals surface area contributed by atoms with E-state index in [9.17, 15) is 0 Å². The second-order valence-electron chi connectivity index (χ2n) is 4.15. The van der Waals surface area contributed by atoms with Crippen LogP contribution < -0.4 is 10.6 Å². The Hall–Kier alpha value is -0.490. The third-order valence-electron chi connectivity index (χ3n) is 3.20. The van der Waals surface area contributed by atoms with E-state index in [0.717, 1.165) is 52.4 Å². The first-order valence-corrected chi connectivity index (χ1v) is 5.82. The summed E-state index contributed by atoms with van der Waals surface area (Å²) in [6.07, 6.45) is 1.81. The maximum atomic E-state index is 7.58. The third kappa shape index (κ3) is 2.75. The molecule has 0 amide bonds. The monoisotopic (exact) mass is 211 g/mol. The van der Waals surface area contributed by atoms with Crippen LogP contribution in [-0.4, -0.2) is 74.5 Å². The fourth-order valence-electron chi connectivity index (χ4n) is 2.34. The lowest BCUT2D eigenvalue weighted by molar-refractivity contribution is 0.0719. The van der Waals surface area contributed by atoms with Gasteiger partial charge in [-0.15, -0.1) is 0 Å². The van der Waals surface area contributed by atoms with E-state index < -0.39 is 0 Å². The molecule has 3 N–H and O–H groups in total. The zero-order valence-corrected chi connectivity index (χ0v) is 9.21. The highest BCUT2D eigenvalue weighted by atomic mass is 15.4. The lowest BCUT2D eigenvalue weighted by Gasteiger charge is -2.41. The molecular weight excluding hydrogens is 190 g/mol. The van der Waals surface area contributed by atoms with Gasteiger partial charge in [-0.1, -0.05) is 0 Å². The van der Waals surface area contributed by atoms with Gasteiger partial charge in [0, 0.05) is 58.6 Å². The molecule has 0 spiro atoms. The molecule has 0 radical (unpaired) electrons. The van der Waals surface area contributed by atoms with Crippen molar-refractivity contribution in [2.75, 3.05) is 52.4 Å². The van der Waals surface area contributed by atoms with Crippen molar-refractivity contribution in [2.45, 2.75) is 6.17 Å². The maximum Gasteiger partial charge on any atom is 0.0985 e. The largest absolute Gasteiger partial charge is 0.314 e. The molecule has 5 nitrogen and oxygen atoms in total. The van der Waals surface area contributed by atoms with E-state index in [4.69, 9.17) is 5.41 Å². The van der Waals surface area contributed by atoms with Gasteiger partial charge >= 0.3 is 0 Å². The van der Waals surface area contributed by atoms with Crippen LogP contribution in [-0.2, 0) is 0 Å². The van der Waals surface area contributed by atoms with Crippen molar-refractivity contribution >= 4 is 6.21 Å². The van der Waals surface area contributed by atoms with E-state index in [-0.39, 0.29) is 6.17 Å². The highest BCUT2D eigenvalue weighted by molar-refractivity contribution is 5.60. The van der Waals surface area contributed by atoms with E-state index in [1.165, 1.54) is 0 Å². The SMILES string of the molecule is N=CC(N1CCNCC1)N1CCNCC1. The van der Waals surface area contributed by atoms with Gasteiger partial charge in [0.25, 0.3) is 0 Å². The summed E-state index contributed by atoms with van der Waals surface area (Å²) in [7, 11) is 0. The fraction of sp³-hybridized carbons (Fsp3) is 0.900. The number of hydrogen-bond acceptors (Lipinski definition) is 5. The fourth-order valence-corrected chi connectivity index (χ4v) is 2.34. The van der Waals surface area contributed by atoms with E-state index in [0.29, 0.717) is 0 Å². The molecule has 15 heavy (non-hydrogen) atoms. The lowest BCUT2D eigenvalue weighted by atomic mass is 10.2. The van der Waals surface area contributed by atoms with Crippen LogP contribution in [0.25, 0.3) is 0 Å². The van der Waals surface area contributed by atoms with Crippen molar-refractivity contribution in [1.82, 2.24) is 20.4 Å². The summed E-state index contributed by atoms with van der Waals surface area (Å²) in [6.45, 7) is 8.45. The predicted octanol–water partition coefficient (Wildman–Crippen LogP) is -1.23. The predicted molar refractivity (Wildman–Crippen MR) is 61.5 cm³/mol. The van der Waals surface area contributed by atoms with Crippen LogP contribution in [0.2, 0.25) is 0 Å². The van der Waals surface area contributed by atoms with Crippen LogP contribution in [0.4, 0.5) is 0 Å². The molecule has 2 rings (SSSR count). The normalized spacial score (nSPS) is 25.7. The van der Waals surface area contributed by atoms with Gasteiger partial charge in [0.15, 0.2) is 0 Å². The van der Waals surface area contributed by atoms with Crippen molar-refractivity contribution in [3.8, 4) is 0 Å². The second-order valence-corrected chi connectivity index (χ2v) is 4.15. The quantitative estimate of drug-likeness (QED) is 0.512. The van der Waals surface area contributed by atoms with E-state index in [2.05, 4.69) is 20.4 Å². The second kappa shape index (κ2) is 5.55. The molecule has 0 aromatic heterocycles. The van der Waals surface area contributed by atoms with Gasteiger partial charge in [-0.3, -0.25) is 9.80 Å². The molecule has 0 aromatic rings. The molecule has 0 unspecified atom stereocenters. The standard InChI is InChI=1S/C10H21N5/c11-9-10(14-5-1-12-2-6-14)15-7-3-13-4-8-15/h9-13H,1-8H2. The van der Waals surface area contributed by atoms with E-state index >= 15 is 0 Å². The maximum absolute atomic E-state index is 7.58. The first-order valence-electron chi connectivity index (χ1n) is 5.82. The van der Waals surface area contributed by atoms with Gasteiger partial charge in [0.2, 0.25) is 0 Å². The molecular formula is C10H21N5. The van der Waals surface area contributed by atoms with Crippen molar-refractivity contribution in [1.29, 1.82) is 5.41 Å². The molecule has 86 valence electrons. The molecule has 0 saturated carbocycles. The first kappa shape index (κ1) is 11.0. The van der Waals surface area contributed by atoms with E-state index in [1.807, 2.05) is 0 Å². The van der Waals surface area contributed by atoms with Crippen LogP contribution in [0.3, 0.4) is 0 Å². The Morgan fingerprint density at radius 1 is 0.867 bits per heavy atom. The van der Waals surface area contributed by atoms with E-state index in [1.54, 1.807) is 6.21 Å². The summed E-state index contributed by atoms with van der Waals surface area (Å²) in [5.74, 6) is 0. The Bertz CT molecular complexity index is 178. The highest BCUT2D eigenvalue weighted by Gasteiger charge is 2.25. The number of nitrogens with zero attached hydrogens (tertiary/aromatic N) is 2. The van der Waals surface area contributed by atoms with Crippen molar-refractivity contribution in [3.05, 3.63) is 0 Å². The average molecular weight is 211 g/mol. The van der Waals surface area contributed by atoms with Crippen LogP contribution in [0, 0.1) is 5.41 Å². The molecule has 2 aliphatic rings. The molecule has 0 atom stereocenters. The average Bonchev–Trinajstić information content (AvgIpc) is 2.33. The summed E-state index contributed by atoms with van der Waals surface area (Å²) in [5.41, 5.74) is 0. The molecule has 2 fully saturated rings. The van der Waals surface area contributed by atoms with Gasteiger partial charge in [-0.05, 0) is 0 Å². The molecule has 5 heteroatoms. The minimum atomic E-state index is 0.217. The molecule has 0 aromatic carbocycles. The van der Waals surface area contributed by atoms with Crippen LogP contribution in [0.1, 0.15) is 0 Å². The van der Waals surface area contributed by atoms with Gasteiger partial charge < -0.3 is 16.0 Å². The Balaban J connectivity index is 1.91. The topological polar surface area (TPSA) is 54.4 Å². The molecule has 0 bridgehead atoms. The Kier molecular flexibility index (Phi) is 4.08. The number of rotatable bonds is 3. The minimum Gasteiger partial charge on any atom is -0.314 e. The van der Waals surface area contributed by atoms with Crippen LogP contribution in [0.5, 0.6) is 0 Å². The number of hydrogen-bond donors (Lipinski definition) is 3. The van der Waals surface area contributed by atoms with Crippen molar-refractivity contribution in [3.63, 3.8) is 0 Å². The Labute approximate surface area is 91.3 Å². The van der Waals surface area contributed by atoms with Crippen LogP contribution >= 0.6 is 0 Å². The van der Waals surface area contributed by atoms with Crippen molar-refractivity contribution in [2.24, 2.45) is 0 Å². The minimum absolute atomic E-state index is 0.217. The highest BCUT2D eigenvalue weighted by Crippen LogP contribution is 2.06. The summed E-state index contributed by atoms with van der Waals surface area (Å²) >= 11 is 0.